The largest absolute Gasteiger partial charge is 0.462 e. The molecule has 0 atom stereocenters. The van der Waals surface area contributed by atoms with Crippen molar-refractivity contribution in [2.24, 2.45) is 10.8 Å². The first-order valence-electron chi connectivity index (χ1n) is 7.80. The Labute approximate surface area is 150 Å². The van der Waals surface area contributed by atoms with Crippen LogP contribution in [0.25, 0.3) is 0 Å². The van der Waals surface area contributed by atoms with Gasteiger partial charge in [-0.05, 0) is 31.2 Å². The van der Waals surface area contributed by atoms with Crippen molar-refractivity contribution >= 4 is 40.5 Å². The van der Waals surface area contributed by atoms with Gasteiger partial charge in [0.2, 0.25) is 0 Å². The van der Waals surface area contributed by atoms with Crippen molar-refractivity contribution in [2.75, 3.05) is 38.3 Å². The second-order valence-electron chi connectivity index (χ2n) is 5.14. The van der Waals surface area contributed by atoms with Gasteiger partial charge in [0.05, 0.1) is 31.1 Å². The van der Waals surface area contributed by atoms with Gasteiger partial charge < -0.3 is 20.1 Å². The van der Waals surface area contributed by atoms with Gasteiger partial charge in [-0.1, -0.05) is 12.2 Å². The van der Waals surface area contributed by atoms with Crippen LogP contribution < -0.4 is 11.2 Å². The van der Waals surface area contributed by atoms with E-state index in [1.165, 1.54) is 0 Å². The minimum Gasteiger partial charge on any atom is -0.462 e. The molecule has 0 bridgehead atoms. The summed E-state index contributed by atoms with van der Waals surface area (Å²) in [7, 11) is 0. The van der Waals surface area contributed by atoms with E-state index in [1.807, 2.05) is 0 Å². The van der Waals surface area contributed by atoms with Crippen LogP contribution >= 0.6 is 12.2 Å². The van der Waals surface area contributed by atoms with E-state index in [9.17, 15) is 9.59 Å². The maximum absolute atomic E-state index is 12.4. The molecule has 134 valence electrons. The van der Waals surface area contributed by atoms with Gasteiger partial charge in [-0.15, -0.1) is 0 Å². The number of nitrogens with zero attached hydrogens (tertiary/aromatic N) is 2. The summed E-state index contributed by atoms with van der Waals surface area (Å²) in [4.78, 5) is 25.6. The Morgan fingerprint density at radius 1 is 1.32 bits per heavy atom. The first kappa shape index (κ1) is 18.8. The zero-order valence-corrected chi connectivity index (χ0v) is 14.7. The van der Waals surface area contributed by atoms with E-state index in [4.69, 9.17) is 27.4 Å². The predicted molar refractivity (Wildman–Crippen MR) is 97.6 cm³/mol. The van der Waals surface area contributed by atoms with E-state index in [0.717, 1.165) is 0 Å². The predicted octanol–water partition coefficient (Wildman–Crippen LogP) is 0.776. The molecule has 0 saturated carbocycles. The quantitative estimate of drug-likeness (QED) is 0.332. The fraction of sp³-hybridized carbons (Fsp3) is 0.375. The molecule has 1 aromatic carbocycles. The molecular formula is C16H20N4O4S. The highest BCUT2D eigenvalue weighted by atomic mass is 32.1. The molecule has 1 aromatic rings. The molecule has 1 amide bonds. The maximum atomic E-state index is 12.4. The maximum Gasteiger partial charge on any atom is 0.338 e. The van der Waals surface area contributed by atoms with E-state index < -0.39 is 5.97 Å². The van der Waals surface area contributed by atoms with Crippen LogP contribution in [0.3, 0.4) is 0 Å². The number of anilines is 1. The van der Waals surface area contributed by atoms with Crippen LogP contribution in [0, 0.1) is 0 Å². The molecule has 1 heterocycles. The molecule has 1 saturated heterocycles. The van der Waals surface area contributed by atoms with Gasteiger partial charge in [-0.25, -0.2) is 4.79 Å². The number of hydrazone groups is 1. The van der Waals surface area contributed by atoms with Gasteiger partial charge >= 0.3 is 5.97 Å². The lowest BCUT2D eigenvalue weighted by Crippen LogP contribution is -2.47. The topological polar surface area (TPSA) is 106 Å². The second kappa shape index (κ2) is 9.09. The normalized spacial score (nSPS) is 14.8. The number of hydrogen-bond donors (Lipinski definition) is 2. The summed E-state index contributed by atoms with van der Waals surface area (Å²) >= 11 is 4.93. The van der Waals surface area contributed by atoms with Crippen LogP contribution in [-0.4, -0.2) is 60.4 Å². The third kappa shape index (κ3) is 5.23. The summed E-state index contributed by atoms with van der Waals surface area (Å²) in [5.74, 6) is -0.740. The van der Waals surface area contributed by atoms with Gasteiger partial charge in [0.15, 0.2) is 5.71 Å². The Morgan fingerprint density at radius 3 is 2.52 bits per heavy atom. The number of esters is 1. The molecule has 0 radical (unpaired) electrons. The summed E-state index contributed by atoms with van der Waals surface area (Å²) in [6, 6.07) is 6.48. The summed E-state index contributed by atoms with van der Waals surface area (Å²) in [5, 5.41) is 4.03. The number of carbonyl (C=O) groups excluding carboxylic acids is 2. The molecule has 1 aliphatic heterocycles. The molecule has 1 fully saturated rings. The number of rotatable bonds is 6. The Bertz CT molecular complexity index is 669. The number of hydrogen-bond acceptors (Lipinski definition) is 7. The van der Waals surface area contributed by atoms with E-state index in [2.05, 4.69) is 10.5 Å². The summed E-state index contributed by atoms with van der Waals surface area (Å²) in [6.07, 6.45) is 0. The average Bonchev–Trinajstić information content (AvgIpc) is 2.63. The Morgan fingerprint density at radius 2 is 1.96 bits per heavy atom. The number of morpholine rings is 1. The zero-order valence-electron chi connectivity index (χ0n) is 13.9. The van der Waals surface area contributed by atoms with Crippen molar-refractivity contribution in [3.8, 4) is 0 Å². The number of carbonyl (C=O) groups is 2. The van der Waals surface area contributed by atoms with Crippen LogP contribution in [0.15, 0.2) is 29.4 Å². The smallest absolute Gasteiger partial charge is 0.338 e. The number of amides is 1. The van der Waals surface area contributed by atoms with Crippen molar-refractivity contribution in [1.82, 2.24) is 4.90 Å². The molecule has 0 aromatic heterocycles. The summed E-state index contributed by atoms with van der Waals surface area (Å²) in [6.45, 7) is 3.93. The number of nitrogens with two attached hydrogens (primary N) is 1. The first-order chi connectivity index (χ1) is 12.0. The van der Waals surface area contributed by atoms with E-state index in [1.54, 1.807) is 36.1 Å². The van der Waals surface area contributed by atoms with Crippen molar-refractivity contribution in [2.45, 2.75) is 6.92 Å². The van der Waals surface area contributed by atoms with Crippen LogP contribution in [0.2, 0.25) is 0 Å². The highest BCUT2D eigenvalue weighted by Crippen LogP contribution is 2.11. The van der Waals surface area contributed by atoms with Crippen LogP contribution in [-0.2, 0) is 14.3 Å². The number of nitrogens with one attached hydrogen (secondary N) is 1. The molecule has 2 rings (SSSR count). The molecule has 1 aliphatic rings. The first-order valence-corrected chi connectivity index (χ1v) is 8.21. The number of thiocarbonyl (C=S) groups is 1. The van der Waals surface area contributed by atoms with E-state index in [0.29, 0.717) is 44.2 Å². The van der Waals surface area contributed by atoms with Crippen molar-refractivity contribution in [3.63, 3.8) is 0 Å². The molecule has 9 heteroatoms. The van der Waals surface area contributed by atoms with Gasteiger partial charge in [0, 0.05) is 13.1 Å². The lowest BCUT2D eigenvalue weighted by molar-refractivity contribution is -0.127. The lowest BCUT2D eigenvalue weighted by Gasteiger charge is -2.26. The highest BCUT2D eigenvalue weighted by molar-refractivity contribution is 7.82. The van der Waals surface area contributed by atoms with E-state index >= 15 is 0 Å². The SMILES string of the molecule is CCOC(=O)c1ccc(NN=C(C(=O)N2CCOCC2)C(N)=S)cc1. The molecular weight excluding hydrogens is 344 g/mol. The molecule has 0 spiro atoms. The average molecular weight is 364 g/mol. The Kier molecular flexibility index (Phi) is 6.84. The Balaban J connectivity index is 2.06. The minimum atomic E-state index is -0.399. The molecule has 0 aliphatic carbocycles. The highest BCUT2D eigenvalue weighted by Gasteiger charge is 2.24. The van der Waals surface area contributed by atoms with E-state index in [-0.39, 0.29) is 16.6 Å². The van der Waals surface area contributed by atoms with Gasteiger partial charge in [0.25, 0.3) is 5.91 Å². The van der Waals surface area contributed by atoms with Crippen LogP contribution in [0.5, 0.6) is 0 Å². The Hall–Kier alpha value is -2.52. The van der Waals surface area contributed by atoms with Crippen LogP contribution in [0.4, 0.5) is 5.69 Å². The number of benzene rings is 1. The minimum absolute atomic E-state index is 0.0219. The zero-order chi connectivity index (χ0) is 18.2. The van der Waals surface area contributed by atoms with Gasteiger partial charge in [-0.2, -0.15) is 5.10 Å². The van der Waals surface area contributed by atoms with Crippen LogP contribution in [0.1, 0.15) is 17.3 Å². The molecule has 3 N–H and O–H groups in total. The third-order valence-corrected chi connectivity index (χ3v) is 3.62. The second-order valence-corrected chi connectivity index (χ2v) is 5.58. The van der Waals surface area contributed by atoms with Gasteiger partial charge in [0.1, 0.15) is 4.99 Å². The van der Waals surface area contributed by atoms with Gasteiger partial charge in [-0.3, -0.25) is 10.2 Å². The lowest BCUT2D eigenvalue weighted by atomic mass is 10.2. The fourth-order valence-corrected chi connectivity index (χ4v) is 2.27. The molecule has 8 nitrogen and oxygen atoms in total. The fourth-order valence-electron chi connectivity index (χ4n) is 2.14. The third-order valence-electron chi connectivity index (χ3n) is 3.43. The molecule has 25 heavy (non-hydrogen) atoms. The standard InChI is InChI=1S/C16H20N4O4S/c1-2-24-16(22)11-3-5-12(6-4-11)18-19-13(14(17)25)15(21)20-7-9-23-10-8-20/h3-6,18H,2,7-10H2,1H3,(H2,17,25). The van der Waals surface area contributed by atoms with Crippen molar-refractivity contribution in [3.05, 3.63) is 29.8 Å². The monoisotopic (exact) mass is 364 g/mol. The number of ether oxygens (including phenoxy) is 2. The van der Waals surface area contributed by atoms with Crippen molar-refractivity contribution in [1.29, 1.82) is 0 Å². The molecule has 0 unspecified atom stereocenters. The summed E-state index contributed by atoms with van der Waals surface area (Å²) < 4.78 is 10.1. The summed E-state index contributed by atoms with van der Waals surface area (Å²) in [5.41, 5.74) is 9.34. The van der Waals surface area contributed by atoms with Crippen molar-refractivity contribution < 1.29 is 19.1 Å².